The summed E-state index contributed by atoms with van der Waals surface area (Å²) < 4.78 is 29.1. The summed E-state index contributed by atoms with van der Waals surface area (Å²) in [6.45, 7) is 1.69. The Morgan fingerprint density at radius 2 is 1.82 bits per heavy atom. The minimum Gasteiger partial charge on any atom is -0.441 e. The van der Waals surface area contributed by atoms with E-state index in [-0.39, 0.29) is 17.1 Å². The summed E-state index contributed by atoms with van der Waals surface area (Å²) >= 11 is 5.89. The van der Waals surface area contributed by atoms with Gasteiger partial charge in [-0.3, -0.25) is 4.79 Å². The topological polar surface area (TPSA) is 106 Å². The van der Waals surface area contributed by atoms with Gasteiger partial charge in [-0.1, -0.05) is 29.8 Å². The highest BCUT2D eigenvalue weighted by molar-refractivity contribution is 7.89. The lowest BCUT2D eigenvalue weighted by Gasteiger charge is -2.17. The first-order valence-corrected chi connectivity index (χ1v) is 10.2. The molecule has 0 aliphatic carbocycles. The van der Waals surface area contributed by atoms with Crippen molar-refractivity contribution in [1.82, 2.24) is 9.88 Å². The molecule has 9 heteroatoms. The molecule has 1 heterocycles. The molecular weight excluding hydrogens is 402 g/mol. The van der Waals surface area contributed by atoms with Gasteiger partial charge >= 0.3 is 0 Å². The van der Waals surface area contributed by atoms with Crippen molar-refractivity contribution in [2.45, 2.75) is 18.4 Å². The molecule has 2 N–H and O–H groups in total. The quantitative estimate of drug-likeness (QED) is 0.683. The van der Waals surface area contributed by atoms with Crippen LogP contribution in [0.15, 0.2) is 57.8 Å². The molecule has 28 heavy (non-hydrogen) atoms. The molecule has 0 spiro atoms. The summed E-state index contributed by atoms with van der Waals surface area (Å²) in [5, 5.41) is 5.84. The number of amides is 1. The molecule has 0 bridgehead atoms. The number of carbonyl (C=O) groups excluding carboxylic acids is 1. The minimum atomic E-state index is -3.90. The highest BCUT2D eigenvalue weighted by Gasteiger charge is 2.23. The second kappa shape index (κ2) is 7.75. The van der Waals surface area contributed by atoms with Crippen molar-refractivity contribution in [2.24, 2.45) is 5.14 Å². The van der Waals surface area contributed by atoms with Gasteiger partial charge in [0, 0.05) is 24.2 Å². The molecule has 3 aromatic rings. The summed E-state index contributed by atoms with van der Waals surface area (Å²) in [7, 11) is -2.34. The van der Waals surface area contributed by atoms with Gasteiger partial charge in [0.05, 0.1) is 4.90 Å². The molecule has 2 aromatic carbocycles. The SMILES string of the molecule is Cc1oc(-c2ccc(Cl)cc2)nc1C(=O)N(C)Cc1ccccc1S(N)(=O)=O. The number of aromatic nitrogens is 1. The summed E-state index contributed by atoms with van der Waals surface area (Å²) in [6.07, 6.45) is 0. The van der Waals surface area contributed by atoms with Gasteiger partial charge in [-0.15, -0.1) is 0 Å². The third-order valence-electron chi connectivity index (χ3n) is 4.12. The van der Waals surface area contributed by atoms with Crippen molar-refractivity contribution in [1.29, 1.82) is 0 Å². The maximum absolute atomic E-state index is 12.8. The van der Waals surface area contributed by atoms with E-state index in [2.05, 4.69) is 4.98 Å². The largest absolute Gasteiger partial charge is 0.441 e. The zero-order valence-corrected chi connectivity index (χ0v) is 16.8. The van der Waals surface area contributed by atoms with Crippen molar-refractivity contribution in [3.8, 4) is 11.5 Å². The first kappa shape index (κ1) is 20.1. The van der Waals surface area contributed by atoms with Crippen LogP contribution in [-0.4, -0.2) is 31.3 Å². The van der Waals surface area contributed by atoms with Crippen LogP contribution >= 0.6 is 11.6 Å². The van der Waals surface area contributed by atoms with Gasteiger partial charge < -0.3 is 9.32 Å². The molecule has 0 saturated heterocycles. The molecule has 3 rings (SSSR count). The van der Waals surface area contributed by atoms with Crippen molar-refractivity contribution in [2.75, 3.05) is 7.05 Å². The van der Waals surface area contributed by atoms with Crippen molar-refractivity contribution >= 4 is 27.5 Å². The fourth-order valence-corrected chi connectivity index (χ4v) is 3.62. The molecule has 1 amide bonds. The van der Waals surface area contributed by atoms with Crippen LogP contribution in [0.4, 0.5) is 0 Å². The lowest BCUT2D eigenvalue weighted by Crippen LogP contribution is -2.28. The van der Waals surface area contributed by atoms with Crippen LogP contribution in [0, 0.1) is 6.92 Å². The van der Waals surface area contributed by atoms with Crippen LogP contribution in [0.5, 0.6) is 0 Å². The van der Waals surface area contributed by atoms with Crippen LogP contribution in [-0.2, 0) is 16.6 Å². The van der Waals surface area contributed by atoms with Crippen molar-refractivity contribution < 1.29 is 17.6 Å². The lowest BCUT2D eigenvalue weighted by molar-refractivity contribution is 0.0777. The number of aryl methyl sites for hydroxylation is 1. The first-order valence-electron chi connectivity index (χ1n) is 8.26. The fourth-order valence-electron chi connectivity index (χ4n) is 2.73. The number of nitrogens with two attached hydrogens (primary N) is 1. The Balaban J connectivity index is 1.86. The van der Waals surface area contributed by atoms with Crippen LogP contribution < -0.4 is 5.14 Å². The molecule has 0 aliphatic heterocycles. The smallest absolute Gasteiger partial charge is 0.276 e. The van der Waals surface area contributed by atoms with E-state index in [4.69, 9.17) is 21.2 Å². The maximum atomic E-state index is 12.8. The third-order valence-corrected chi connectivity index (χ3v) is 5.39. The number of rotatable bonds is 5. The fraction of sp³-hybridized carbons (Fsp3) is 0.158. The Morgan fingerprint density at radius 1 is 1.18 bits per heavy atom. The third kappa shape index (κ3) is 4.24. The van der Waals surface area contributed by atoms with Crippen molar-refractivity contribution in [3.05, 3.63) is 70.6 Å². The lowest BCUT2D eigenvalue weighted by atomic mass is 10.2. The molecule has 0 unspecified atom stereocenters. The zero-order chi connectivity index (χ0) is 20.5. The molecule has 146 valence electrons. The van der Waals surface area contributed by atoms with Gasteiger partial charge in [-0.05, 0) is 42.8 Å². The molecule has 0 radical (unpaired) electrons. The highest BCUT2D eigenvalue weighted by atomic mass is 35.5. The van der Waals surface area contributed by atoms with E-state index in [1.807, 2.05) is 0 Å². The predicted molar refractivity (Wildman–Crippen MR) is 105 cm³/mol. The van der Waals surface area contributed by atoms with E-state index in [0.717, 1.165) is 0 Å². The number of hydrogen-bond acceptors (Lipinski definition) is 5. The predicted octanol–water partition coefficient (Wildman–Crippen LogP) is 3.22. The van der Waals surface area contributed by atoms with Gasteiger partial charge in [0.15, 0.2) is 5.69 Å². The van der Waals surface area contributed by atoms with Crippen LogP contribution in [0.25, 0.3) is 11.5 Å². The summed E-state index contributed by atoms with van der Waals surface area (Å²) in [6, 6.07) is 13.2. The Labute approximate surface area is 167 Å². The van der Waals surface area contributed by atoms with Gasteiger partial charge in [0.1, 0.15) is 5.76 Å². The van der Waals surface area contributed by atoms with Gasteiger partial charge in [-0.25, -0.2) is 18.5 Å². The van der Waals surface area contributed by atoms with Crippen LogP contribution in [0.1, 0.15) is 21.8 Å². The maximum Gasteiger partial charge on any atom is 0.276 e. The van der Waals surface area contributed by atoms with Crippen LogP contribution in [0.2, 0.25) is 5.02 Å². The monoisotopic (exact) mass is 419 g/mol. The summed E-state index contributed by atoms with van der Waals surface area (Å²) in [5.41, 5.74) is 1.26. The molecule has 0 aliphatic rings. The van der Waals surface area contributed by atoms with Crippen molar-refractivity contribution in [3.63, 3.8) is 0 Å². The molecular formula is C19H18ClN3O4S. The standard InChI is InChI=1S/C19H18ClN3O4S/c1-12-17(22-18(27-12)13-7-9-15(20)10-8-13)19(24)23(2)11-14-5-3-4-6-16(14)28(21,25)26/h3-10H,11H2,1-2H3,(H2,21,25,26). The summed E-state index contributed by atoms with van der Waals surface area (Å²) in [5.74, 6) is 0.267. The van der Waals surface area contributed by atoms with E-state index in [0.29, 0.717) is 27.8 Å². The number of halogens is 1. The van der Waals surface area contributed by atoms with E-state index in [1.54, 1.807) is 56.4 Å². The molecule has 7 nitrogen and oxygen atoms in total. The Kier molecular flexibility index (Phi) is 5.55. The highest BCUT2D eigenvalue weighted by Crippen LogP contribution is 2.24. The Bertz CT molecular complexity index is 1120. The average Bonchev–Trinajstić information content (AvgIpc) is 3.03. The molecule has 1 aromatic heterocycles. The normalized spacial score (nSPS) is 11.4. The molecule has 0 atom stereocenters. The van der Waals surface area contributed by atoms with E-state index >= 15 is 0 Å². The number of primary sulfonamides is 1. The minimum absolute atomic E-state index is 0.0200. The number of carbonyl (C=O) groups is 1. The van der Waals surface area contributed by atoms with E-state index < -0.39 is 15.9 Å². The molecule has 0 saturated carbocycles. The van der Waals surface area contributed by atoms with E-state index in [1.165, 1.54) is 11.0 Å². The van der Waals surface area contributed by atoms with Crippen LogP contribution in [0.3, 0.4) is 0 Å². The van der Waals surface area contributed by atoms with Gasteiger partial charge in [0.25, 0.3) is 5.91 Å². The average molecular weight is 420 g/mol. The number of nitrogens with zero attached hydrogens (tertiary/aromatic N) is 2. The number of benzene rings is 2. The van der Waals surface area contributed by atoms with E-state index in [9.17, 15) is 13.2 Å². The Morgan fingerprint density at radius 3 is 2.46 bits per heavy atom. The van der Waals surface area contributed by atoms with Gasteiger partial charge in [0.2, 0.25) is 15.9 Å². The number of sulfonamides is 1. The number of oxazole rings is 1. The molecule has 0 fully saturated rings. The number of hydrogen-bond donors (Lipinski definition) is 1. The van der Waals surface area contributed by atoms with Gasteiger partial charge in [-0.2, -0.15) is 0 Å². The first-order chi connectivity index (χ1) is 13.2. The summed E-state index contributed by atoms with van der Waals surface area (Å²) in [4.78, 5) is 18.5. The zero-order valence-electron chi connectivity index (χ0n) is 15.2. The second-order valence-electron chi connectivity index (χ2n) is 6.24. The second-order valence-corrected chi connectivity index (χ2v) is 8.21. The Hall–Kier alpha value is -2.68.